The Kier molecular flexibility index (Phi) is 8.43. The summed E-state index contributed by atoms with van der Waals surface area (Å²) in [4.78, 5) is 12.2. The lowest BCUT2D eigenvalue weighted by molar-refractivity contribution is 0.122. The van der Waals surface area contributed by atoms with Gasteiger partial charge in [0, 0.05) is 30.9 Å². The summed E-state index contributed by atoms with van der Waals surface area (Å²) in [5.41, 5.74) is 3.74. The summed E-state index contributed by atoms with van der Waals surface area (Å²) < 4.78 is 19.3. The summed E-state index contributed by atoms with van der Waals surface area (Å²) in [6, 6.07) is 14.6. The molecule has 11 heteroatoms. The number of benzene rings is 2. The fourth-order valence-electron chi connectivity index (χ4n) is 5.57. The average molecular weight is 623 g/mol. The molecule has 2 N–H and O–H groups in total. The largest absolute Gasteiger partial charge is 0.497 e. The van der Waals surface area contributed by atoms with E-state index in [0.29, 0.717) is 18.5 Å². The van der Waals surface area contributed by atoms with Gasteiger partial charge in [-0.3, -0.25) is 0 Å². The Morgan fingerprint density at radius 1 is 0.976 bits per heavy atom. The first kappa shape index (κ1) is 27.6. The summed E-state index contributed by atoms with van der Waals surface area (Å²) in [7, 11) is 3.36. The highest BCUT2D eigenvalue weighted by Gasteiger charge is 2.22. The van der Waals surface area contributed by atoms with Crippen molar-refractivity contribution in [2.24, 2.45) is 0 Å². The maximum Gasteiger partial charge on any atom is 0.231 e. The topological polar surface area (TPSA) is 98.6 Å². The molecule has 2 fully saturated rings. The molecule has 1 aliphatic carbocycles. The molecule has 0 unspecified atom stereocenters. The summed E-state index contributed by atoms with van der Waals surface area (Å²) in [6.45, 7) is 3.74. The van der Waals surface area contributed by atoms with E-state index in [1.807, 2.05) is 35.0 Å². The zero-order valence-corrected chi connectivity index (χ0v) is 25.1. The Morgan fingerprint density at radius 3 is 2.49 bits per heavy atom. The van der Waals surface area contributed by atoms with Crippen LogP contribution in [0.3, 0.4) is 0 Å². The van der Waals surface area contributed by atoms with Crippen molar-refractivity contribution in [3.05, 3.63) is 52.6 Å². The van der Waals surface area contributed by atoms with Crippen LogP contribution in [0.4, 0.5) is 23.1 Å². The van der Waals surface area contributed by atoms with E-state index in [4.69, 9.17) is 29.3 Å². The van der Waals surface area contributed by atoms with Crippen LogP contribution in [-0.2, 0) is 11.3 Å². The predicted octanol–water partition coefficient (Wildman–Crippen LogP) is 5.98. The van der Waals surface area contributed by atoms with Crippen LogP contribution in [0, 0.1) is 0 Å². The number of hydrogen-bond donors (Lipinski definition) is 2. The zero-order chi connectivity index (χ0) is 28.2. The standard InChI is InChI=1S/C30H36BrN7O3/c1-39-23-11-8-20(9-12-23)19-38-29-26(27(31)36-38)28(32-21-6-4-3-5-7-21)34-30(35-29)33-24-13-10-22(18-25(24)40-2)37-14-16-41-17-15-37/h8-13,18,21H,3-7,14-17,19H2,1-2H3,(H2,32,33,34,35). The minimum Gasteiger partial charge on any atom is -0.497 e. The van der Waals surface area contributed by atoms with E-state index in [1.54, 1.807) is 14.2 Å². The summed E-state index contributed by atoms with van der Waals surface area (Å²) in [6.07, 6.45) is 5.99. The fraction of sp³-hybridized carbons (Fsp3) is 0.433. The van der Waals surface area contributed by atoms with Crippen LogP contribution in [0.2, 0.25) is 0 Å². The molecule has 4 aromatic rings. The highest BCUT2D eigenvalue weighted by atomic mass is 79.9. The second-order valence-electron chi connectivity index (χ2n) is 10.5. The molecule has 0 radical (unpaired) electrons. The Bertz CT molecular complexity index is 1480. The van der Waals surface area contributed by atoms with E-state index < -0.39 is 0 Å². The third-order valence-electron chi connectivity index (χ3n) is 7.79. The van der Waals surface area contributed by atoms with Crippen LogP contribution in [0.25, 0.3) is 11.0 Å². The molecule has 41 heavy (non-hydrogen) atoms. The number of fused-ring (bicyclic) bond motifs is 1. The van der Waals surface area contributed by atoms with E-state index in [9.17, 15) is 0 Å². The number of nitrogens with zero attached hydrogens (tertiary/aromatic N) is 5. The van der Waals surface area contributed by atoms with Crippen LogP contribution in [0.1, 0.15) is 37.7 Å². The van der Waals surface area contributed by atoms with Crippen molar-refractivity contribution in [1.82, 2.24) is 19.7 Å². The first-order valence-corrected chi connectivity index (χ1v) is 15.0. The quantitative estimate of drug-likeness (QED) is 0.234. The molecule has 1 saturated heterocycles. The fourth-order valence-corrected chi connectivity index (χ4v) is 6.12. The zero-order valence-electron chi connectivity index (χ0n) is 23.5. The molecule has 6 rings (SSSR count). The van der Waals surface area contributed by atoms with E-state index in [-0.39, 0.29) is 0 Å². The van der Waals surface area contributed by atoms with Crippen molar-refractivity contribution in [2.45, 2.75) is 44.7 Å². The molecule has 1 saturated carbocycles. The number of halogens is 1. The molecule has 10 nitrogen and oxygen atoms in total. The molecular formula is C30H36BrN7O3. The van der Waals surface area contributed by atoms with Crippen molar-refractivity contribution in [3.8, 4) is 11.5 Å². The molecule has 2 aliphatic rings. The van der Waals surface area contributed by atoms with Gasteiger partial charge < -0.3 is 29.7 Å². The van der Waals surface area contributed by atoms with Crippen LogP contribution >= 0.6 is 15.9 Å². The van der Waals surface area contributed by atoms with Gasteiger partial charge in [-0.1, -0.05) is 31.4 Å². The molecule has 1 aliphatic heterocycles. The van der Waals surface area contributed by atoms with E-state index >= 15 is 0 Å². The molecule has 3 heterocycles. The summed E-state index contributed by atoms with van der Waals surface area (Å²) in [5.74, 6) is 2.81. The Hall–Kier alpha value is -3.57. The van der Waals surface area contributed by atoms with Gasteiger partial charge in [-0.15, -0.1) is 0 Å². The highest BCUT2D eigenvalue weighted by molar-refractivity contribution is 9.10. The lowest BCUT2D eigenvalue weighted by atomic mass is 9.95. The van der Waals surface area contributed by atoms with Gasteiger partial charge in [0.25, 0.3) is 0 Å². The van der Waals surface area contributed by atoms with Gasteiger partial charge in [0.2, 0.25) is 5.95 Å². The first-order valence-electron chi connectivity index (χ1n) is 14.2. The third-order valence-corrected chi connectivity index (χ3v) is 8.35. The van der Waals surface area contributed by atoms with Crippen LogP contribution in [-0.4, -0.2) is 66.3 Å². The Labute approximate surface area is 248 Å². The first-order chi connectivity index (χ1) is 20.1. The van der Waals surface area contributed by atoms with Crippen molar-refractivity contribution < 1.29 is 14.2 Å². The van der Waals surface area contributed by atoms with Gasteiger partial charge in [-0.2, -0.15) is 15.1 Å². The average Bonchev–Trinajstić information content (AvgIpc) is 3.33. The summed E-state index contributed by atoms with van der Waals surface area (Å²) >= 11 is 3.70. The normalized spacial score (nSPS) is 16.1. The number of nitrogens with one attached hydrogen (secondary N) is 2. The minimum absolute atomic E-state index is 0.369. The summed E-state index contributed by atoms with van der Waals surface area (Å²) in [5, 5.41) is 12.9. The molecular weight excluding hydrogens is 586 g/mol. The van der Waals surface area contributed by atoms with E-state index in [1.165, 1.54) is 19.3 Å². The van der Waals surface area contributed by atoms with Crippen LogP contribution in [0.15, 0.2) is 47.1 Å². The van der Waals surface area contributed by atoms with Gasteiger partial charge in [0.15, 0.2) is 5.65 Å². The van der Waals surface area contributed by atoms with Gasteiger partial charge >= 0.3 is 0 Å². The lowest BCUT2D eigenvalue weighted by Gasteiger charge is -2.29. The van der Waals surface area contributed by atoms with Gasteiger partial charge in [-0.05, 0) is 58.6 Å². The second kappa shape index (κ2) is 12.5. The van der Waals surface area contributed by atoms with Crippen LogP contribution < -0.4 is 25.0 Å². The maximum atomic E-state index is 5.79. The molecule has 0 atom stereocenters. The highest BCUT2D eigenvalue weighted by Crippen LogP contribution is 2.35. The van der Waals surface area contributed by atoms with Gasteiger partial charge in [0.1, 0.15) is 21.9 Å². The van der Waals surface area contributed by atoms with E-state index in [0.717, 1.165) is 89.0 Å². The smallest absolute Gasteiger partial charge is 0.231 e. The molecule has 0 spiro atoms. The number of morpholine rings is 1. The number of rotatable bonds is 9. The number of ether oxygens (including phenoxy) is 3. The van der Waals surface area contributed by atoms with Crippen molar-refractivity contribution in [1.29, 1.82) is 0 Å². The minimum atomic E-state index is 0.369. The van der Waals surface area contributed by atoms with E-state index in [2.05, 4.69) is 43.6 Å². The molecule has 2 aromatic heterocycles. The number of aromatic nitrogens is 4. The van der Waals surface area contributed by atoms with Gasteiger partial charge in [0.05, 0.1) is 45.1 Å². The lowest BCUT2D eigenvalue weighted by Crippen LogP contribution is -2.36. The van der Waals surface area contributed by atoms with Gasteiger partial charge in [-0.25, -0.2) is 4.68 Å². The van der Waals surface area contributed by atoms with Crippen molar-refractivity contribution in [3.63, 3.8) is 0 Å². The molecule has 0 amide bonds. The van der Waals surface area contributed by atoms with Crippen LogP contribution in [0.5, 0.6) is 11.5 Å². The number of anilines is 4. The SMILES string of the molecule is COc1ccc(Cn2nc(Br)c3c(NC4CCCCC4)nc(Nc4ccc(N5CCOCC5)cc4OC)nc32)cc1. The Balaban J connectivity index is 1.36. The van der Waals surface area contributed by atoms with Crippen molar-refractivity contribution in [2.75, 3.05) is 56.1 Å². The van der Waals surface area contributed by atoms with Crippen molar-refractivity contribution >= 4 is 50.1 Å². The Morgan fingerprint density at radius 2 is 1.76 bits per heavy atom. The predicted molar refractivity (Wildman–Crippen MR) is 165 cm³/mol. The monoisotopic (exact) mass is 621 g/mol. The molecule has 2 aromatic carbocycles. The number of methoxy groups -OCH3 is 2. The second-order valence-corrected chi connectivity index (χ2v) is 11.2. The third kappa shape index (κ3) is 6.20. The molecule has 216 valence electrons. The number of hydrogen-bond acceptors (Lipinski definition) is 9. The maximum absolute atomic E-state index is 5.79. The molecule has 0 bridgehead atoms.